The summed E-state index contributed by atoms with van der Waals surface area (Å²) in [4.78, 5) is 7.25. The first-order chi connectivity index (χ1) is 14.2. The maximum atomic E-state index is 14.3. The Kier molecular flexibility index (Phi) is 8.77. The molecule has 0 bridgehead atoms. The Morgan fingerprint density at radius 3 is 2.67 bits per heavy atom. The quantitative estimate of drug-likeness (QED) is 0.327. The summed E-state index contributed by atoms with van der Waals surface area (Å²) in [5, 5.41) is 3.43. The van der Waals surface area contributed by atoms with E-state index in [2.05, 4.69) is 17.1 Å². The highest BCUT2D eigenvalue weighted by atomic mass is 127. The van der Waals surface area contributed by atoms with Gasteiger partial charge in [-0.25, -0.2) is 4.39 Å². The number of likely N-dealkylation sites (tertiary alicyclic amines) is 1. The molecule has 30 heavy (non-hydrogen) atoms. The van der Waals surface area contributed by atoms with E-state index in [9.17, 15) is 4.39 Å². The molecule has 2 saturated heterocycles. The molecule has 1 aromatic carbocycles. The van der Waals surface area contributed by atoms with E-state index in [1.54, 1.807) is 12.1 Å². The normalized spacial score (nSPS) is 23.9. The van der Waals surface area contributed by atoms with Crippen molar-refractivity contribution in [2.45, 2.75) is 63.1 Å². The molecule has 0 aromatic heterocycles. The van der Waals surface area contributed by atoms with Crippen molar-refractivity contribution in [3.63, 3.8) is 0 Å². The van der Waals surface area contributed by atoms with Crippen molar-refractivity contribution >= 4 is 29.9 Å². The second-order valence-corrected chi connectivity index (χ2v) is 8.59. The second kappa shape index (κ2) is 11.1. The van der Waals surface area contributed by atoms with Gasteiger partial charge in [0.1, 0.15) is 5.82 Å². The van der Waals surface area contributed by atoms with Crippen LogP contribution in [-0.4, -0.2) is 62.5 Å². The van der Waals surface area contributed by atoms with Crippen LogP contribution in [0.3, 0.4) is 0 Å². The highest BCUT2D eigenvalue weighted by Gasteiger charge is 2.46. The SMILES string of the molecule is CCNC(=NCC1(c2ccccc2F)CC1)N1CCC(OCC2CCCO2)CC1.I. The summed E-state index contributed by atoms with van der Waals surface area (Å²) >= 11 is 0. The average Bonchev–Trinajstić information content (AvgIpc) is 3.34. The summed E-state index contributed by atoms with van der Waals surface area (Å²) in [6.45, 7) is 7.06. The van der Waals surface area contributed by atoms with Crippen molar-refractivity contribution in [2.75, 3.05) is 39.4 Å². The molecule has 0 radical (unpaired) electrons. The van der Waals surface area contributed by atoms with Gasteiger partial charge in [0.05, 0.1) is 25.4 Å². The number of nitrogens with zero attached hydrogens (tertiary/aromatic N) is 2. The van der Waals surface area contributed by atoms with Gasteiger partial charge in [-0.3, -0.25) is 4.99 Å². The fourth-order valence-corrected chi connectivity index (χ4v) is 4.46. The van der Waals surface area contributed by atoms with E-state index in [0.29, 0.717) is 18.8 Å². The molecule has 1 aromatic rings. The van der Waals surface area contributed by atoms with Gasteiger partial charge in [0.2, 0.25) is 0 Å². The van der Waals surface area contributed by atoms with Crippen LogP contribution in [0.5, 0.6) is 0 Å². The van der Waals surface area contributed by atoms with E-state index in [1.165, 1.54) is 0 Å². The number of aliphatic imine (C=N–C) groups is 1. The van der Waals surface area contributed by atoms with Crippen LogP contribution in [-0.2, 0) is 14.9 Å². The third kappa shape index (κ3) is 5.85. The molecule has 1 aliphatic carbocycles. The van der Waals surface area contributed by atoms with E-state index in [-0.39, 0.29) is 35.2 Å². The van der Waals surface area contributed by atoms with Crippen molar-refractivity contribution in [1.82, 2.24) is 10.2 Å². The topological polar surface area (TPSA) is 46.1 Å². The molecule has 3 aliphatic rings. The van der Waals surface area contributed by atoms with Crippen LogP contribution in [0.15, 0.2) is 29.3 Å². The molecular weight excluding hydrogens is 496 g/mol. The number of ether oxygens (including phenoxy) is 2. The molecule has 4 rings (SSSR count). The minimum atomic E-state index is -0.116. The summed E-state index contributed by atoms with van der Waals surface area (Å²) in [6.07, 6.45) is 6.92. The molecule has 7 heteroatoms. The number of rotatable bonds is 7. The minimum absolute atomic E-state index is 0. The van der Waals surface area contributed by atoms with Crippen LogP contribution in [0.4, 0.5) is 4.39 Å². The smallest absolute Gasteiger partial charge is 0.193 e. The van der Waals surface area contributed by atoms with Crippen LogP contribution < -0.4 is 5.32 Å². The van der Waals surface area contributed by atoms with Gasteiger partial charge in [-0.05, 0) is 57.1 Å². The van der Waals surface area contributed by atoms with Crippen molar-refractivity contribution in [3.05, 3.63) is 35.6 Å². The Balaban J connectivity index is 0.00000256. The van der Waals surface area contributed by atoms with Gasteiger partial charge in [-0.1, -0.05) is 18.2 Å². The predicted octanol–water partition coefficient (Wildman–Crippen LogP) is 4.10. The minimum Gasteiger partial charge on any atom is -0.376 e. The summed E-state index contributed by atoms with van der Waals surface area (Å²) in [7, 11) is 0. The molecule has 1 N–H and O–H groups in total. The Morgan fingerprint density at radius 2 is 2.03 bits per heavy atom. The molecule has 1 atom stereocenters. The number of hydrogen-bond acceptors (Lipinski definition) is 3. The Hall–Kier alpha value is -0.930. The third-order valence-corrected chi connectivity index (χ3v) is 6.45. The third-order valence-electron chi connectivity index (χ3n) is 6.45. The van der Waals surface area contributed by atoms with E-state index >= 15 is 0 Å². The highest BCUT2D eigenvalue weighted by molar-refractivity contribution is 14.0. The summed E-state index contributed by atoms with van der Waals surface area (Å²) < 4.78 is 26.0. The lowest BCUT2D eigenvalue weighted by Crippen LogP contribution is -2.47. The maximum Gasteiger partial charge on any atom is 0.193 e. The number of piperidine rings is 1. The standard InChI is InChI=1S/C23H34FN3O2.HI/c1-2-25-22(26-17-23(11-12-23)20-7-3-4-8-21(20)24)27-13-9-18(10-14-27)29-16-19-6-5-15-28-19;/h3-4,7-8,18-19H,2,5-6,9-17H2,1H3,(H,25,26);1H. The van der Waals surface area contributed by atoms with E-state index in [4.69, 9.17) is 14.5 Å². The van der Waals surface area contributed by atoms with Gasteiger partial charge >= 0.3 is 0 Å². The van der Waals surface area contributed by atoms with Crippen molar-refractivity contribution in [1.29, 1.82) is 0 Å². The zero-order valence-electron chi connectivity index (χ0n) is 17.9. The molecule has 2 aliphatic heterocycles. The maximum absolute atomic E-state index is 14.3. The molecule has 0 amide bonds. The van der Waals surface area contributed by atoms with E-state index in [0.717, 1.165) is 82.9 Å². The van der Waals surface area contributed by atoms with Gasteiger partial charge in [0, 0.05) is 31.7 Å². The summed E-state index contributed by atoms with van der Waals surface area (Å²) in [5.41, 5.74) is 0.704. The van der Waals surface area contributed by atoms with Gasteiger partial charge in [0.15, 0.2) is 5.96 Å². The van der Waals surface area contributed by atoms with Crippen molar-refractivity contribution < 1.29 is 13.9 Å². The second-order valence-electron chi connectivity index (χ2n) is 8.59. The number of nitrogens with one attached hydrogen (secondary N) is 1. The molecule has 3 fully saturated rings. The molecular formula is C23H35FIN3O2. The van der Waals surface area contributed by atoms with Gasteiger partial charge in [-0.2, -0.15) is 0 Å². The summed E-state index contributed by atoms with van der Waals surface area (Å²) in [5.74, 6) is 0.849. The Labute approximate surface area is 196 Å². The molecule has 0 spiro atoms. The lowest BCUT2D eigenvalue weighted by molar-refractivity contribution is -0.0367. The first-order valence-corrected chi connectivity index (χ1v) is 11.2. The number of halogens is 2. The average molecular weight is 531 g/mol. The largest absolute Gasteiger partial charge is 0.376 e. The highest BCUT2D eigenvalue weighted by Crippen LogP contribution is 2.49. The van der Waals surface area contributed by atoms with E-state index < -0.39 is 0 Å². The predicted molar refractivity (Wildman–Crippen MR) is 128 cm³/mol. The fourth-order valence-electron chi connectivity index (χ4n) is 4.46. The zero-order valence-corrected chi connectivity index (χ0v) is 20.3. The first kappa shape index (κ1) is 23.7. The molecule has 1 unspecified atom stereocenters. The van der Waals surface area contributed by atoms with Gasteiger partial charge < -0.3 is 19.7 Å². The Bertz CT molecular complexity index is 699. The van der Waals surface area contributed by atoms with Gasteiger partial charge in [-0.15, -0.1) is 24.0 Å². The van der Waals surface area contributed by atoms with Crippen LogP contribution in [0.2, 0.25) is 0 Å². The number of hydrogen-bond donors (Lipinski definition) is 1. The summed E-state index contributed by atoms with van der Waals surface area (Å²) in [6, 6.07) is 7.16. The van der Waals surface area contributed by atoms with Crippen LogP contribution in [0.1, 0.15) is 51.0 Å². The fraction of sp³-hybridized carbons (Fsp3) is 0.696. The molecule has 2 heterocycles. The molecule has 1 saturated carbocycles. The lowest BCUT2D eigenvalue weighted by Gasteiger charge is -2.34. The Morgan fingerprint density at radius 1 is 1.27 bits per heavy atom. The van der Waals surface area contributed by atoms with Crippen LogP contribution >= 0.6 is 24.0 Å². The zero-order chi connectivity index (χ0) is 20.1. The van der Waals surface area contributed by atoms with Crippen LogP contribution in [0, 0.1) is 5.82 Å². The van der Waals surface area contributed by atoms with E-state index in [1.807, 2.05) is 12.1 Å². The van der Waals surface area contributed by atoms with Crippen LogP contribution in [0.25, 0.3) is 0 Å². The molecule has 5 nitrogen and oxygen atoms in total. The number of guanidine groups is 1. The first-order valence-electron chi connectivity index (χ1n) is 11.2. The molecule has 168 valence electrons. The number of benzene rings is 1. The van der Waals surface area contributed by atoms with Gasteiger partial charge in [0.25, 0.3) is 0 Å². The monoisotopic (exact) mass is 531 g/mol. The lowest BCUT2D eigenvalue weighted by atomic mass is 9.95. The van der Waals surface area contributed by atoms with Crippen molar-refractivity contribution in [2.24, 2.45) is 4.99 Å². The van der Waals surface area contributed by atoms with Crippen molar-refractivity contribution in [3.8, 4) is 0 Å².